The third-order valence-corrected chi connectivity index (χ3v) is 3.83. The number of urea groups is 1. The highest BCUT2D eigenvalue weighted by molar-refractivity contribution is 5.94. The molecular formula is C20H23N3O4. The Hall–Kier alpha value is -3.35. The van der Waals surface area contributed by atoms with Gasteiger partial charge in [0.1, 0.15) is 0 Å². The van der Waals surface area contributed by atoms with Gasteiger partial charge in [0, 0.05) is 25.2 Å². The second kappa shape index (κ2) is 9.96. The van der Waals surface area contributed by atoms with E-state index in [9.17, 15) is 14.4 Å². The van der Waals surface area contributed by atoms with Crippen LogP contribution >= 0.6 is 0 Å². The van der Waals surface area contributed by atoms with E-state index in [0.717, 1.165) is 17.5 Å². The molecule has 0 aliphatic heterocycles. The van der Waals surface area contributed by atoms with E-state index in [2.05, 4.69) is 16.0 Å². The van der Waals surface area contributed by atoms with Gasteiger partial charge >= 0.3 is 12.0 Å². The van der Waals surface area contributed by atoms with Crippen LogP contribution in [0.2, 0.25) is 0 Å². The highest BCUT2D eigenvalue weighted by atomic mass is 16.4. The van der Waals surface area contributed by atoms with Gasteiger partial charge in [0.25, 0.3) is 5.91 Å². The van der Waals surface area contributed by atoms with Crippen molar-refractivity contribution < 1.29 is 19.5 Å². The van der Waals surface area contributed by atoms with Crippen LogP contribution in [0.4, 0.5) is 4.79 Å². The Morgan fingerprint density at radius 2 is 1.52 bits per heavy atom. The second-order valence-electron chi connectivity index (χ2n) is 5.99. The Kier molecular flexibility index (Phi) is 7.37. The van der Waals surface area contributed by atoms with E-state index < -0.39 is 5.97 Å². The first-order valence-corrected chi connectivity index (χ1v) is 8.70. The number of nitrogens with one attached hydrogen (secondary N) is 3. The number of aromatic carboxylic acids is 1. The number of hydrogen-bond acceptors (Lipinski definition) is 3. The average Bonchev–Trinajstić information content (AvgIpc) is 2.69. The van der Waals surface area contributed by atoms with Crippen LogP contribution in [0.3, 0.4) is 0 Å². The van der Waals surface area contributed by atoms with E-state index in [1.165, 1.54) is 12.1 Å². The van der Waals surface area contributed by atoms with Gasteiger partial charge in [-0.25, -0.2) is 9.59 Å². The standard InChI is InChI=1S/C20H23N3O4/c1-2-10-21-18(24)17-5-3-4-15(11-17)13-23-20(27)22-12-14-6-8-16(9-7-14)19(25)26/h3-9,11H,2,10,12-13H2,1H3,(H,21,24)(H,25,26)(H2,22,23,27). The zero-order valence-electron chi connectivity index (χ0n) is 15.1. The zero-order chi connectivity index (χ0) is 19.6. The van der Waals surface area contributed by atoms with Gasteiger partial charge in [0.15, 0.2) is 0 Å². The molecule has 0 saturated carbocycles. The number of benzene rings is 2. The summed E-state index contributed by atoms with van der Waals surface area (Å²) in [4.78, 5) is 34.7. The van der Waals surface area contributed by atoms with E-state index in [1.807, 2.05) is 13.0 Å². The first-order chi connectivity index (χ1) is 13.0. The van der Waals surface area contributed by atoms with E-state index in [-0.39, 0.29) is 24.0 Å². The van der Waals surface area contributed by atoms with Gasteiger partial charge < -0.3 is 21.1 Å². The molecule has 4 N–H and O–H groups in total. The van der Waals surface area contributed by atoms with Crippen molar-refractivity contribution in [1.29, 1.82) is 0 Å². The maximum absolute atomic E-state index is 12.0. The summed E-state index contributed by atoms with van der Waals surface area (Å²) in [5.41, 5.74) is 2.37. The smallest absolute Gasteiger partial charge is 0.335 e. The van der Waals surface area contributed by atoms with Crippen molar-refractivity contribution in [3.63, 3.8) is 0 Å². The van der Waals surface area contributed by atoms with E-state index in [0.29, 0.717) is 18.7 Å². The first kappa shape index (κ1) is 20.0. The van der Waals surface area contributed by atoms with E-state index in [4.69, 9.17) is 5.11 Å². The Balaban J connectivity index is 1.81. The van der Waals surface area contributed by atoms with Gasteiger partial charge in [-0.2, -0.15) is 0 Å². The van der Waals surface area contributed by atoms with Crippen LogP contribution in [-0.2, 0) is 13.1 Å². The Morgan fingerprint density at radius 3 is 2.15 bits per heavy atom. The van der Waals surface area contributed by atoms with Crippen molar-refractivity contribution in [2.45, 2.75) is 26.4 Å². The lowest BCUT2D eigenvalue weighted by Gasteiger charge is -2.09. The number of carbonyl (C=O) groups excluding carboxylic acids is 2. The van der Waals surface area contributed by atoms with Crippen molar-refractivity contribution >= 4 is 17.9 Å². The summed E-state index contributed by atoms with van der Waals surface area (Å²) < 4.78 is 0. The van der Waals surface area contributed by atoms with Crippen molar-refractivity contribution in [3.8, 4) is 0 Å². The summed E-state index contributed by atoms with van der Waals surface area (Å²) >= 11 is 0. The summed E-state index contributed by atoms with van der Waals surface area (Å²) in [6.07, 6.45) is 0.867. The molecule has 2 rings (SSSR count). The van der Waals surface area contributed by atoms with Crippen molar-refractivity contribution in [2.24, 2.45) is 0 Å². The molecule has 3 amide bonds. The number of carboxylic acids is 1. The highest BCUT2D eigenvalue weighted by Gasteiger charge is 2.07. The third-order valence-electron chi connectivity index (χ3n) is 3.83. The molecule has 27 heavy (non-hydrogen) atoms. The molecule has 142 valence electrons. The van der Waals surface area contributed by atoms with Gasteiger partial charge in [-0.05, 0) is 41.8 Å². The minimum atomic E-state index is -0.988. The molecule has 2 aromatic carbocycles. The fourth-order valence-corrected chi connectivity index (χ4v) is 2.36. The fraction of sp³-hybridized carbons (Fsp3) is 0.250. The highest BCUT2D eigenvalue weighted by Crippen LogP contribution is 2.06. The Morgan fingerprint density at radius 1 is 0.852 bits per heavy atom. The van der Waals surface area contributed by atoms with Crippen molar-refractivity contribution in [1.82, 2.24) is 16.0 Å². The van der Waals surface area contributed by atoms with Crippen LogP contribution in [0.15, 0.2) is 48.5 Å². The van der Waals surface area contributed by atoms with Crippen molar-refractivity contribution in [2.75, 3.05) is 6.54 Å². The van der Waals surface area contributed by atoms with Crippen LogP contribution in [0.5, 0.6) is 0 Å². The molecule has 0 fully saturated rings. The molecule has 7 heteroatoms. The lowest BCUT2D eigenvalue weighted by molar-refractivity contribution is 0.0696. The summed E-state index contributed by atoms with van der Waals surface area (Å²) in [7, 11) is 0. The first-order valence-electron chi connectivity index (χ1n) is 8.70. The van der Waals surface area contributed by atoms with Gasteiger partial charge in [-0.15, -0.1) is 0 Å². The maximum Gasteiger partial charge on any atom is 0.335 e. The minimum Gasteiger partial charge on any atom is -0.478 e. The summed E-state index contributed by atoms with van der Waals surface area (Å²) in [6, 6.07) is 13.0. The number of carbonyl (C=O) groups is 3. The normalized spacial score (nSPS) is 10.1. The minimum absolute atomic E-state index is 0.132. The summed E-state index contributed by atoms with van der Waals surface area (Å²) in [5.74, 6) is -1.12. The van der Waals surface area contributed by atoms with Crippen LogP contribution in [0.1, 0.15) is 45.2 Å². The number of hydrogen-bond donors (Lipinski definition) is 4. The molecule has 2 aromatic rings. The lowest BCUT2D eigenvalue weighted by Crippen LogP contribution is -2.34. The van der Waals surface area contributed by atoms with Gasteiger partial charge in [-0.3, -0.25) is 4.79 Å². The monoisotopic (exact) mass is 369 g/mol. The van der Waals surface area contributed by atoms with Crippen molar-refractivity contribution in [3.05, 3.63) is 70.8 Å². The van der Waals surface area contributed by atoms with E-state index in [1.54, 1.807) is 30.3 Å². The predicted molar refractivity (Wildman–Crippen MR) is 102 cm³/mol. The SMILES string of the molecule is CCCNC(=O)c1cccc(CNC(=O)NCc2ccc(C(=O)O)cc2)c1. The van der Waals surface area contributed by atoms with Crippen LogP contribution < -0.4 is 16.0 Å². The Bertz CT molecular complexity index is 803. The van der Waals surface area contributed by atoms with Gasteiger partial charge in [0.05, 0.1) is 5.56 Å². The molecule has 0 spiro atoms. The molecule has 0 aliphatic carbocycles. The molecule has 0 saturated heterocycles. The third kappa shape index (κ3) is 6.47. The van der Waals surface area contributed by atoms with Crippen LogP contribution in [0.25, 0.3) is 0 Å². The van der Waals surface area contributed by atoms with Crippen LogP contribution in [0, 0.1) is 0 Å². The average molecular weight is 369 g/mol. The van der Waals surface area contributed by atoms with Gasteiger partial charge in [-0.1, -0.05) is 31.2 Å². The summed E-state index contributed by atoms with van der Waals surface area (Å²) in [5, 5.41) is 17.1. The molecule has 0 heterocycles. The maximum atomic E-state index is 12.0. The second-order valence-corrected chi connectivity index (χ2v) is 5.99. The summed E-state index contributed by atoms with van der Waals surface area (Å²) in [6.45, 7) is 3.18. The van der Waals surface area contributed by atoms with Gasteiger partial charge in [0.2, 0.25) is 0 Å². The number of carboxylic acid groups (broad SMARTS) is 1. The molecule has 0 unspecified atom stereocenters. The Labute approximate surface area is 157 Å². The molecule has 0 aromatic heterocycles. The quantitative estimate of drug-likeness (QED) is 0.573. The molecular weight excluding hydrogens is 346 g/mol. The predicted octanol–water partition coefficient (Wildman–Crippen LogP) is 2.52. The molecule has 0 radical (unpaired) electrons. The fourth-order valence-electron chi connectivity index (χ4n) is 2.36. The largest absolute Gasteiger partial charge is 0.478 e. The molecule has 0 aliphatic rings. The number of amides is 3. The molecule has 0 bridgehead atoms. The topological polar surface area (TPSA) is 108 Å². The molecule has 0 atom stereocenters. The molecule has 7 nitrogen and oxygen atoms in total. The zero-order valence-corrected chi connectivity index (χ0v) is 15.1. The van der Waals surface area contributed by atoms with Crippen LogP contribution in [-0.4, -0.2) is 29.6 Å². The van der Waals surface area contributed by atoms with E-state index >= 15 is 0 Å². The lowest BCUT2D eigenvalue weighted by atomic mass is 10.1. The number of rotatable bonds is 8.